The molecule has 3 aromatic heterocycles. The highest BCUT2D eigenvalue weighted by atomic mass is 16.4. The van der Waals surface area contributed by atoms with Crippen molar-refractivity contribution < 1.29 is 19.8 Å². The number of anilines is 4. The smallest absolute Gasteiger partial charge is 0.326 e. The van der Waals surface area contributed by atoms with Crippen LogP contribution in [-0.2, 0) is 24.3 Å². The van der Waals surface area contributed by atoms with Gasteiger partial charge in [0.15, 0.2) is 11.5 Å². The molecule has 1 fully saturated rings. The molecule has 2 aromatic carbocycles. The zero-order valence-electron chi connectivity index (χ0n) is 26.4. The van der Waals surface area contributed by atoms with Gasteiger partial charge in [0.25, 0.3) is 5.91 Å². The van der Waals surface area contributed by atoms with Crippen molar-refractivity contribution >= 4 is 35.4 Å². The lowest BCUT2D eigenvalue weighted by atomic mass is 10.0. The van der Waals surface area contributed by atoms with Crippen molar-refractivity contribution in [3.8, 4) is 11.9 Å². The molecule has 1 saturated heterocycles. The third-order valence-corrected chi connectivity index (χ3v) is 7.69. The number of hydrogen-bond donors (Lipinski definition) is 6. The van der Waals surface area contributed by atoms with Gasteiger partial charge in [0, 0.05) is 57.2 Å². The second-order valence-corrected chi connectivity index (χ2v) is 11.2. The molecule has 0 saturated carbocycles. The van der Waals surface area contributed by atoms with Crippen LogP contribution in [0.2, 0.25) is 0 Å². The van der Waals surface area contributed by atoms with Crippen LogP contribution in [0.15, 0.2) is 60.9 Å². The number of carboxylic acids is 1. The Morgan fingerprint density at radius 1 is 0.960 bits per heavy atom. The van der Waals surface area contributed by atoms with Crippen molar-refractivity contribution in [1.29, 1.82) is 5.26 Å². The molecule has 0 aliphatic carbocycles. The van der Waals surface area contributed by atoms with Gasteiger partial charge in [0.1, 0.15) is 6.04 Å². The van der Waals surface area contributed by atoms with Crippen LogP contribution in [0.5, 0.6) is 5.88 Å². The number of aliphatic carboxylic acids is 1. The Labute approximate surface area is 284 Å². The van der Waals surface area contributed by atoms with E-state index in [2.05, 4.69) is 66.4 Å². The van der Waals surface area contributed by atoms with Gasteiger partial charge >= 0.3 is 5.97 Å². The molecule has 1 amide bonds. The van der Waals surface area contributed by atoms with Crippen molar-refractivity contribution in [1.82, 2.24) is 55.3 Å². The summed E-state index contributed by atoms with van der Waals surface area (Å²) in [6.07, 6.45) is 2.81. The first-order valence-corrected chi connectivity index (χ1v) is 15.4. The van der Waals surface area contributed by atoms with Gasteiger partial charge in [-0.15, -0.1) is 5.10 Å². The molecule has 4 heterocycles. The van der Waals surface area contributed by atoms with Crippen LogP contribution >= 0.6 is 0 Å². The highest BCUT2D eigenvalue weighted by Gasteiger charge is 2.26. The molecular formula is C31H31N15O4. The summed E-state index contributed by atoms with van der Waals surface area (Å²) in [5, 5.41) is 51.7. The number of aromatic amines is 1. The quantitative estimate of drug-likeness (QED) is 0.102. The second-order valence-electron chi connectivity index (χ2n) is 11.2. The summed E-state index contributed by atoms with van der Waals surface area (Å²) in [6, 6.07) is 15.3. The monoisotopic (exact) mass is 677 g/mol. The topological polar surface area (TPSA) is 260 Å². The van der Waals surface area contributed by atoms with Gasteiger partial charge in [-0.2, -0.15) is 20.2 Å². The first kappa shape index (κ1) is 33.1. The average Bonchev–Trinajstić information content (AvgIpc) is 3.65. The number of aromatic nitrogens is 9. The zero-order valence-corrected chi connectivity index (χ0v) is 26.4. The summed E-state index contributed by atoms with van der Waals surface area (Å²) >= 11 is 0. The van der Waals surface area contributed by atoms with Crippen molar-refractivity contribution in [2.75, 3.05) is 42.1 Å². The van der Waals surface area contributed by atoms with Crippen molar-refractivity contribution in [2.24, 2.45) is 0 Å². The lowest BCUT2D eigenvalue weighted by Gasteiger charge is -2.34. The van der Waals surface area contributed by atoms with E-state index in [1.54, 1.807) is 29.2 Å². The summed E-state index contributed by atoms with van der Waals surface area (Å²) in [5.74, 6) is -1.12. The van der Waals surface area contributed by atoms with E-state index in [4.69, 9.17) is 5.26 Å². The Morgan fingerprint density at radius 2 is 1.72 bits per heavy atom. The van der Waals surface area contributed by atoms with Crippen LogP contribution in [0.25, 0.3) is 0 Å². The molecule has 254 valence electrons. The van der Waals surface area contributed by atoms with E-state index in [1.165, 1.54) is 12.4 Å². The van der Waals surface area contributed by atoms with E-state index in [0.717, 1.165) is 5.56 Å². The summed E-state index contributed by atoms with van der Waals surface area (Å²) in [7, 11) is 0. The van der Waals surface area contributed by atoms with E-state index >= 15 is 0 Å². The summed E-state index contributed by atoms with van der Waals surface area (Å²) in [4.78, 5) is 49.9. The number of benzene rings is 2. The van der Waals surface area contributed by atoms with Crippen molar-refractivity contribution in [2.45, 2.75) is 25.6 Å². The van der Waals surface area contributed by atoms with Crippen molar-refractivity contribution in [3.63, 3.8) is 0 Å². The normalized spacial score (nSPS) is 13.6. The maximum Gasteiger partial charge on any atom is 0.326 e. The number of piperazine rings is 1. The van der Waals surface area contributed by atoms with Gasteiger partial charge in [-0.05, 0) is 45.8 Å². The number of carbonyl (C=O) groups excluding carboxylic acids is 1. The summed E-state index contributed by atoms with van der Waals surface area (Å²) in [6.45, 7) is 2.96. The third kappa shape index (κ3) is 8.55. The van der Waals surface area contributed by atoms with Crippen molar-refractivity contribution in [3.05, 3.63) is 89.1 Å². The number of nitrogens with one attached hydrogen (secondary N) is 4. The van der Waals surface area contributed by atoms with E-state index in [-0.39, 0.29) is 48.3 Å². The predicted octanol–water partition coefficient (Wildman–Crippen LogP) is 1.17. The van der Waals surface area contributed by atoms with Gasteiger partial charge < -0.3 is 31.1 Å². The Balaban J connectivity index is 1.14. The Hall–Kier alpha value is -6.81. The summed E-state index contributed by atoms with van der Waals surface area (Å²) < 4.78 is 0. The van der Waals surface area contributed by atoms with Crippen LogP contribution in [-0.4, -0.2) is 110 Å². The predicted molar refractivity (Wildman–Crippen MR) is 176 cm³/mol. The van der Waals surface area contributed by atoms with Gasteiger partial charge in [0.05, 0.1) is 18.2 Å². The van der Waals surface area contributed by atoms with Crippen LogP contribution in [0, 0.1) is 11.3 Å². The fourth-order valence-corrected chi connectivity index (χ4v) is 5.17. The number of hydrogen-bond acceptors (Lipinski definition) is 16. The molecule has 0 radical (unpaired) electrons. The molecule has 50 heavy (non-hydrogen) atoms. The standard InChI is InChI=1S/C31H31N15O4/c32-16-20-6-4-19(5-7-20)15-23(28(49)50)37-31-39-29(35-17-24-41-43-44-42-24)38-30(40-31)36-22-3-1-2-21(14-22)18-45-10-12-46(13-11-45)27(48)25-26(47)34-9-8-33-25/h1-9,14,23H,10-13,15,17-18H2,(H,34,47)(H,49,50)(H,41,42,43,44)(H3,35,36,37,38,39,40). The lowest BCUT2D eigenvalue weighted by molar-refractivity contribution is -0.137. The minimum Gasteiger partial charge on any atom is -0.492 e. The minimum absolute atomic E-state index is 0.0140. The Kier molecular flexibility index (Phi) is 10.2. The number of H-pyrrole nitrogens is 1. The first-order chi connectivity index (χ1) is 24.3. The number of aromatic hydroxyl groups is 1. The Morgan fingerprint density at radius 3 is 2.44 bits per heavy atom. The molecular weight excluding hydrogens is 646 g/mol. The third-order valence-electron chi connectivity index (χ3n) is 7.69. The number of carbonyl (C=O) groups is 2. The fraction of sp³-hybridized carbons (Fsp3) is 0.258. The van der Waals surface area contributed by atoms with E-state index in [1.807, 2.05) is 30.3 Å². The van der Waals surface area contributed by atoms with Gasteiger partial charge in [-0.3, -0.25) is 9.69 Å². The van der Waals surface area contributed by atoms with E-state index < -0.39 is 12.0 Å². The molecule has 1 aliphatic rings. The highest BCUT2D eigenvalue weighted by Crippen LogP contribution is 2.21. The molecule has 1 aliphatic heterocycles. The maximum absolute atomic E-state index is 12.8. The fourth-order valence-electron chi connectivity index (χ4n) is 5.17. The average molecular weight is 678 g/mol. The molecule has 19 nitrogen and oxygen atoms in total. The molecule has 5 aromatic rings. The molecule has 19 heteroatoms. The zero-order chi connectivity index (χ0) is 34.9. The second kappa shape index (κ2) is 15.4. The number of nitrogens with zero attached hydrogens (tertiary/aromatic N) is 11. The van der Waals surface area contributed by atoms with Crippen LogP contribution in [0.3, 0.4) is 0 Å². The van der Waals surface area contributed by atoms with Crippen LogP contribution in [0.4, 0.5) is 23.5 Å². The number of tetrazole rings is 1. The highest BCUT2D eigenvalue weighted by molar-refractivity contribution is 5.94. The molecule has 1 unspecified atom stereocenters. The molecule has 0 spiro atoms. The number of amides is 1. The number of carboxylic acid groups (broad SMARTS) is 1. The largest absolute Gasteiger partial charge is 0.492 e. The first-order valence-electron chi connectivity index (χ1n) is 15.4. The van der Waals surface area contributed by atoms with E-state index in [9.17, 15) is 19.8 Å². The number of rotatable bonds is 13. The van der Waals surface area contributed by atoms with Crippen LogP contribution < -0.4 is 16.0 Å². The number of nitriles is 1. The minimum atomic E-state index is -1.11. The SMILES string of the molecule is N#Cc1ccc(CC(Nc2nc(NCc3nnn[nH]3)nc(Nc3cccc(CN4CCN(C(=O)c5nccnc5O)CC4)c3)n2)C(=O)O)cc1. The maximum atomic E-state index is 12.8. The van der Waals surface area contributed by atoms with E-state index in [0.29, 0.717) is 55.4 Å². The van der Waals surface area contributed by atoms with Gasteiger partial charge in [-0.1, -0.05) is 24.3 Å². The van der Waals surface area contributed by atoms with Gasteiger partial charge in [0.2, 0.25) is 23.7 Å². The lowest BCUT2D eigenvalue weighted by Crippen LogP contribution is -2.48. The summed E-state index contributed by atoms with van der Waals surface area (Å²) in [5.41, 5.74) is 2.80. The molecule has 1 atom stereocenters. The Bertz CT molecular complexity index is 1980. The molecule has 0 bridgehead atoms. The molecule has 6 rings (SSSR count). The molecule has 6 N–H and O–H groups in total. The van der Waals surface area contributed by atoms with Gasteiger partial charge in [-0.25, -0.2) is 19.9 Å². The van der Waals surface area contributed by atoms with Crippen LogP contribution in [0.1, 0.15) is 33.0 Å².